The van der Waals surface area contributed by atoms with Gasteiger partial charge in [-0.05, 0) is 36.1 Å². The van der Waals surface area contributed by atoms with E-state index in [0.29, 0.717) is 18.8 Å². The standard InChI is InChI=1S/C18H19F2N3O5/c19-15(20)16(24)21-5-11-6-23(18(27)28-11)10-3-1-9(2-4-10)22-7-12-13(8-22)14(12)17(25)26/h1-4,11-15H,5-8H2,(H,21,24)(H,25,26). The summed E-state index contributed by atoms with van der Waals surface area (Å²) in [4.78, 5) is 37.5. The number of hydrogen-bond acceptors (Lipinski definition) is 5. The summed E-state index contributed by atoms with van der Waals surface area (Å²) in [5, 5.41) is 11.1. The third kappa shape index (κ3) is 3.34. The maximum absolute atomic E-state index is 12.2. The molecule has 2 amide bonds. The second kappa shape index (κ2) is 6.92. The van der Waals surface area contributed by atoms with Gasteiger partial charge in [-0.2, -0.15) is 8.78 Å². The molecule has 0 spiro atoms. The van der Waals surface area contributed by atoms with Gasteiger partial charge in [0.2, 0.25) is 0 Å². The Morgan fingerprint density at radius 3 is 2.32 bits per heavy atom. The molecule has 28 heavy (non-hydrogen) atoms. The Labute approximate surface area is 159 Å². The number of cyclic esters (lactones) is 1. The van der Waals surface area contributed by atoms with Crippen LogP contribution in [0.15, 0.2) is 24.3 Å². The quantitative estimate of drug-likeness (QED) is 0.750. The average molecular weight is 395 g/mol. The summed E-state index contributed by atoms with van der Waals surface area (Å²) in [5.41, 5.74) is 1.55. The molecule has 0 radical (unpaired) electrons. The van der Waals surface area contributed by atoms with Gasteiger partial charge in [0.15, 0.2) is 0 Å². The van der Waals surface area contributed by atoms with E-state index in [1.54, 1.807) is 12.1 Å². The van der Waals surface area contributed by atoms with E-state index in [1.807, 2.05) is 17.4 Å². The van der Waals surface area contributed by atoms with Crippen LogP contribution in [0.5, 0.6) is 0 Å². The van der Waals surface area contributed by atoms with Gasteiger partial charge in [0.05, 0.1) is 19.0 Å². The van der Waals surface area contributed by atoms with Gasteiger partial charge in [-0.1, -0.05) is 0 Å². The number of rotatable bonds is 6. The minimum Gasteiger partial charge on any atom is -0.481 e. The van der Waals surface area contributed by atoms with E-state index in [4.69, 9.17) is 9.84 Å². The van der Waals surface area contributed by atoms with Crippen molar-refractivity contribution in [2.24, 2.45) is 17.8 Å². The molecule has 3 unspecified atom stereocenters. The fourth-order valence-corrected chi connectivity index (χ4v) is 4.08. The lowest BCUT2D eigenvalue weighted by molar-refractivity contribution is -0.139. The third-order valence-corrected chi connectivity index (χ3v) is 5.58. The summed E-state index contributed by atoms with van der Waals surface area (Å²) >= 11 is 0. The predicted molar refractivity (Wildman–Crippen MR) is 93.4 cm³/mol. The number of fused-ring (bicyclic) bond motifs is 1. The molecule has 2 N–H and O–H groups in total. The average Bonchev–Trinajstić information content (AvgIpc) is 2.99. The van der Waals surface area contributed by atoms with Crippen molar-refractivity contribution in [2.45, 2.75) is 12.5 Å². The molecule has 3 aliphatic rings. The lowest BCUT2D eigenvalue weighted by atomic mass is 10.2. The molecule has 150 valence electrons. The smallest absolute Gasteiger partial charge is 0.414 e. The highest BCUT2D eigenvalue weighted by Gasteiger charge is 2.59. The molecule has 10 heteroatoms. The number of benzene rings is 1. The largest absolute Gasteiger partial charge is 0.481 e. The fraction of sp³-hybridized carbons (Fsp3) is 0.500. The zero-order chi connectivity index (χ0) is 20.0. The Morgan fingerprint density at radius 2 is 1.75 bits per heavy atom. The minimum absolute atomic E-state index is 0.149. The first-order valence-corrected chi connectivity index (χ1v) is 8.97. The Kier molecular flexibility index (Phi) is 4.56. The summed E-state index contributed by atoms with van der Waals surface area (Å²) in [6.07, 6.45) is -4.41. The third-order valence-electron chi connectivity index (χ3n) is 5.58. The minimum atomic E-state index is -3.11. The second-order valence-electron chi connectivity index (χ2n) is 7.28. The number of alkyl halides is 2. The van der Waals surface area contributed by atoms with Crippen molar-refractivity contribution in [3.05, 3.63) is 24.3 Å². The first-order chi connectivity index (χ1) is 13.3. The van der Waals surface area contributed by atoms with Crippen LogP contribution in [0.25, 0.3) is 0 Å². The fourth-order valence-electron chi connectivity index (χ4n) is 4.08. The lowest BCUT2D eigenvalue weighted by Crippen LogP contribution is -2.37. The topological polar surface area (TPSA) is 99.2 Å². The molecular formula is C18H19F2N3O5. The molecular weight excluding hydrogens is 376 g/mol. The molecule has 1 aromatic rings. The molecule has 0 bridgehead atoms. The Balaban J connectivity index is 1.32. The molecule has 2 aliphatic heterocycles. The molecule has 0 aromatic heterocycles. The first-order valence-electron chi connectivity index (χ1n) is 8.97. The number of amides is 2. The molecule has 2 heterocycles. The van der Waals surface area contributed by atoms with Crippen molar-refractivity contribution in [1.82, 2.24) is 5.32 Å². The molecule has 3 fully saturated rings. The number of carboxylic acid groups (broad SMARTS) is 1. The highest BCUT2D eigenvalue weighted by molar-refractivity contribution is 5.90. The molecule has 1 aromatic carbocycles. The first kappa shape index (κ1) is 18.5. The van der Waals surface area contributed by atoms with Gasteiger partial charge in [0.1, 0.15) is 6.10 Å². The summed E-state index contributed by atoms with van der Waals surface area (Å²) in [5.74, 6) is -1.94. The molecule has 3 atom stereocenters. The summed E-state index contributed by atoms with van der Waals surface area (Å²) in [7, 11) is 0. The van der Waals surface area contributed by atoms with E-state index in [0.717, 1.165) is 5.69 Å². The number of hydrogen-bond donors (Lipinski definition) is 2. The van der Waals surface area contributed by atoms with Crippen LogP contribution in [0.3, 0.4) is 0 Å². The van der Waals surface area contributed by atoms with Crippen molar-refractivity contribution >= 4 is 29.3 Å². The van der Waals surface area contributed by atoms with E-state index in [2.05, 4.69) is 4.90 Å². The van der Waals surface area contributed by atoms with Crippen LogP contribution in [0.2, 0.25) is 0 Å². The van der Waals surface area contributed by atoms with Gasteiger partial charge in [-0.25, -0.2) is 4.79 Å². The summed E-state index contributed by atoms with van der Waals surface area (Å²) in [6, 6.07) is 7.23. The Bertz CT molecular complexity index is 791. The number of aliphatic carboxylic acids is 1. The van der Waals surface area contributed by atoms with Crippen LogP contribution in [-0.4, -0.2) is 61.8 Å². The Hall–Kier alpha value is -2.91. The highest BCUT2D eigenvalue weighted by atomic mass is 19.3. The van der Waals surface area contributed by atoms with E-state index in [-0.39, 0.29) is 30.8 Å². The molecule has 4 rings (SSSR count). The molecule has 8 nitrogen and oxygen atoms in total. The van der Waals surface area contributed by atoms with Crippen molar-refractivity contribution in [1.29, 1.82) is 0 Å². The second-order valence-corrected chi connectivity index (χ2v) is 7.28. The number of piperidine rings is 1. The van der Waals surface area contributed by atoms with Gasteiger partial charge < -0.3 is 20.1 Å². The number of carbonyl (C=O) groups is 3. The van der Waals surface area contributed by atoms with Crippen molar-refractivity contribution in [3.63, 3.8) is 0 Å². The monoisotopic (exact) mass is 395 g/mol. The number of nitrogens with zero attached hydrogens (tertiary/aromatic N) is 2. The molecule has 2 saturated heterocycles. The summed E-state index contributed by atoms with van der Waals surface area (Å²) < 4.78 is 29.5. The van der Waals surface area contributed by atoms with Crippen LogP contribution in [-0.2, 0) is 14.3 Å². The van der Waals surface area contributed by atoms with Crippen molar-refractivity contribution in [3.8, 4) is 0 Å². The number of carboxylic acids is 1. The Morgan fingerprint density at radius 1 is 1.14 bits per heavy atom. The van der Waals surface area contributed by atoms with Crippen LogP contribution < -0.4 is 15.1 Å². The van der Waals surface area contributed by atoms with E-state index >= 15 is 0 Å². The molecule has 1 saturated carbocycles. The van der Waals surface area contributed by atoms with Crippen molar-refractivity contribution in [2.75, 3.05) is 36.0 Å². The van der Waals surface area contributed by atoms with Crippen LogP contribution in [0.1, 0.15) is 0 Å². The van der Waals surface area contributed by atoms with Gasteiger partial charge >= 0.3 is 18.5 Å². The number of anilines is 2. The molecule has 1 aliphatic carbocycles. The number of ether oxygens (including phenoxy) is 1. The van der Waals surface area contributed by atoms with Gasteiger partial charge in [0, 0.05) is 24.5 Å². The van der Waals surface area contributed by atoms with Gasteiger partial charge in [-0.3, -0.25) is 14.5 Å². The van der Waals surface area contributed by atoms with Gasteiger partial charge in [0.25, 0.3) is 5.91 Å². The van der Waals surface area contributed by atoms with Crippen LogP contribution in [0, 0.1) is 17.8 Å². The van der Waals surface area contributed by atoms with E-state index < -0.39 is 30.5 Å². The number of carbonyl (C=O) groups excluding carboxylic acids is 2. The van der Waals surface area contributed by atoms with E-state index in [1.165, 1.54) is 4.90 Å². The lowest BCUT2D eigenvalue weighted by Gasteiger charge is -2.22. The van der Waals surface area contributed by atoms with Crippen LogP contribution in [0.4, 0.5) is 25.0 Å². The number of halogens is 2. The zero-order valence-corrected chi connectivity index (χ0v) is 14.8. The van der Waals surface area contributed by atoms with Crippen molar-refractivity contribution < 1.29 is 33.0 Å². The van der Waals surface area contributed by atoms with E-state index in [9.17, 15) is 23.2 Å². The normalized spacial score (nSPS) is 28.3. The maximum Gasteiger partial charge on any atom is 0.414 e. The van der Waals surface area contributed by atoms with Gasteiger partial charge in [-0.15, -0.1) is 0 Å². The summed E-state index contributed by atoms with van der Waals surface area (Å²) in [6.45, 7) is 1.39. The van der Waals surface area contributed by atoms with Crippen LogP contribution >= 0.6 is 0 Å². The zero-order valence-electron chi connectivity index (χ0n) is 14.8. The number of nitrogens with one attached hydrogen (secondary N) is 1. The maximum atomic E-state index is 12.2. The SMILES string of the molecule is O=C(NCC1CN(c2ccc(N3CC4C(C3)C4C(=O)O)cc2)C(=O)O1)C(F)F. The predicted octanol–water partition coefficient (Wildman–Crippen LogP) is 1.16. The highest BCUT2D eigenvalue weighted by Crippen LogP contribution is 2.52.